The lowest BCUT2D eigenvalue weighted by Crippen LogP contribution is -2.53. The van der Waals surface area contributed by atoms with Gasteiger partial charge in [0.1, 0.15) is 6.61 Å². The van der Waals surface area contributed by atoms with Crippen molar-refractivity contribution < 1.29 is 9.53 Å². The SMILES string of the molecule is CNCC1COCC(=O)N1c1cccc(Br)c1. The summed E-state index contributed by atoms with van der Waals surface area (Å²) in [6.45, 7) is 1.45. The fourth-order valence-electron chi connectivity index (χ4n) is 2.00. The van der Waals surface area contributed by atoms with Crippen molar-refractivity contribution in [2.24, 2.45) is 0 Å². The second kappa shape index (κ2) is 5.62. The van der Waals surface area contributed by atoms with Gasteiger partial charge >= 0.3 is 0 Å². The summed E-state index contributed by atoms with van der Waals surface area (Å²) < 4.78 is 6.26. The molecule has 0 spiro atoms. The third-order valence-corrected chi connectivity index (χ3v) is 3.19. The second-order valence-corrected chi connectivity index (χ2v) is 4.89. The van der Waals surface area contributed by atoms with Gasteiger partial charge in [-0.05, 0) is 25.2 Å². The van der Waals surface area contributed by atoms with Gasteiger partial charge in [0.25, 0.3) is 5.91 Å². The van der Waals surface area contributed by atoms with Crippen LogP contribution in [0.25, 0.3) is 0 Å². The zero-order chi connectivity index (χ0) is 12.3. The van der Waals surface area contributed by atoms with Gasteiger partial charge in [0, 0.05) is 16.7 Å². The molecule has 1 unspecified atom stereocenters. The third-order valence-electron chi connectivity index (χ3n) is 2.70. The molecule has 1 aliphatic heterocycles. The first-order valence-corrected chi connectivity index (χ1v) is 6.31. The van der Waals surface area contributed by atoms with Crippen molar-refractivity contribution in [3.63, 3.8) is 0 Å². The van der Waals surface area contributed by atoms with Gasteiger partial charge in [-0.15, -0.1) is 0 Å². The standard InChI is InChI=1S/C12H15BrN2O2/c1-14-6-11-7-17-8-12(16)15(11)10-4-2-3-9(13)5-10/h2-5,11,14H,6-8H2,1H3. The fourth-order valence-corrected chi connectivity index (χ4v) is 2.38. The van der Waals surface area contributed by atoms with Crippen molar-refractivity contribution >= 4 is 27.5 Å². The van der Waals surface area contributed by atoms with Crippen LogP contribution in [0.5, 0.6) is 0 Å². The Balaban J connectivity index is 2.27. The molecule has 1 fully saturated rings. The average Bonchev–Trinajstić information content (AvgIpc) is 2.29. The Kier molecular flexibility index (Phi) is 4.15. The van der Waals surface area contributed by atoms with Crippen molar-refractivity contribution in [1.82, 2.24) is 5.32 Å². The van der Waals surface area contributed by atoms with E-state index in [0.717, 1.165) is 16.7 Å². The monoisotopic (exact) mass is 298 g/mol. The highest BCUT2D eigenvalue weighted by molar-refractivity contribution is 9.10. The number of carbonyl (C=O) groups is 1. The number of anilines is 1. The average molecular weight is 299 g/mol. The summed E-state index contributed by atoms with van der Waals surface area (Å²) in [5.74, 6) is 0.00889. The van der Waals surface area contributed by atoms with Crippen molar-refractivity contribution in [2.75, 3.05) is 31.7 Å². The Morgan fingerprint density at radius 3 is 3.12 bits per heavy atom. The molecule has 17 heavy (non-hydrogen) atoms. The fraction of sp³-hybridized carbons (Fsp3) is 0.417. The van der Waals surface area contributed by atoms with E-state index in [9.17, 15) is 4.79 Å². The summed E-state index contributed by atoms with van der Waals surface area (Å²) in [5, 5.41) is 3.09. The number of likely N-dealkylation sites (N-methyl/N-ethyl adjacent to an activating group) is 1. The van der Waals surface area contributed by atoms with E-state index in [4.69, 9.17) is 4.74 Å². The molecule has 1 heterocycles. The molecular formula is C12H15BrN2O2. The van der Waals surface area contributed by atoms with Crippen LogP contribution in [-0.2, 0) is 9.53 Å². The minimum absolute atomic E-state index is 0.00889. The number of carbonyl (C=O) groups excluding carboxylic acids is 1. The molecule has 0 bridgehead atoms. The van der Waals surface area contributed by atoms with Crippen LogP contribution in [0.4, 0.5) is 5.69 Å². The van der Waals surface area contributed by atoms with Crippen molar-refractivity contribution in [1.29, 1.82) is 0 Å². The molecule has 1 N–H and O–H groups in total. The topological polar surface area (TPSA) is 41.6 Å². The van der Waals surface area contributed by atoms with E-state index in [-0.39, 0.29) is 18.6 Å². The Morgan fingerprint density at radius 1 is 1.59 bits per heavy atom. The highest BCUT2D eigenvalue weighted by Crippen LogP contribution is 2.23. The van der Waals surface area contributed by atoms with E-state index in [1.165, 1.54) is 0 Å². The zero-order valence-corrected chi connectivity index (χ0v) is 11.2. The van der Waals surface area contributed by atoms with Gasteiger partial charge in [-0.25, -0.2) is 0 Å². The number of hydrogen-bond donors (Lipinski definition) is 1. The van der Waals surface area contributed by atoms with Gasteiger partial charge in [0.15, 0.2) is 0 Å². The molecule has 0 aromatic heterocycles. The van der Waals surface area contributed by atoms with Gasteiger partial charge in [-0.1, -0.05) is 22.0 Å². The smallest absolute Gasteiger partial charge is 0.253 e. The van der Waals surface area contributed by atoms with Crippen LogP contribution in [-0.4, -0.2) is 38.8 Å². The van der Waals surface area contributed by atoms with Crippen molar-refractivity contribution in [2.45, 2.75) is 6.04 Å². The predicted molar refractivity (Wildman–Crippen MR) is 70.2 cm³/mol. The molecule has 1 aliphatic rings. The molecule has 0 saturated carbocycles. The molecule has 5 heteroatoms. The van der Waals surface area contributed by atoms with Crippen LogP contribution < -0.4 is 10.2 Å². The zero-order valence-electron chi connectivity index (χ0n) is 9.65. The first-order chi connectivity index (χ1) is 8.22. The molecular weight excluding hydrogens is 284 g/mol. The molecule has 92 valence electrons. The predicted octanol–water partition coefficient (Wildman–Crippen LogP) is 1.40. The van der Waals surface area contributed by atoms with Gasteiger partial charge in [0.2, 0.25) is 0 Å². The Hall–Kier alpha value is -0.910. The Labute approximate surface area is 109 Å². The van der Waals surface area contributed by atoms with Gasteiger partial charge in [-0.2, -0.15) is 0 Å². The van der Waals surface area contributed by atoms with E-state index in [1.807, 2.05) is 36.2 Å². The Bertz CT molecular complexity index is 409. The first-order valence-electron chi connectivity index (χ1n) is 5.52. The maximum absolute atomic E-state index is 11.9. The van der Waals surface area contributed by atoms with E-state index >= 15 is 0 Å². The molecule has 1 atom stereocenters. The molecule has 1 saturated heterocycles. The van der Waals surface area contributed by atoms with E-state index in [0.29, 0.717) is 6.61 Å². The van der Waals surface area contributed by atoms with Crippen molar-refractivity contribution in [3.05, 3.63) is 28.7 Å². The Morgan fingerprint density at radius 2 is 2.41 bits per heavy atom. The first kappa shape index (κ1) is 12.5. The second-order valence-electron chi connectivity index (χ2n) is 3.97. The molecule has 4 nitrogen and oxygen atoms in total. The lowest BCUT2D eigenvalue weighted by atomic mass is 10.2. The lowest BCUT2D eigenvalue weighted by molar-refractivity contribution is -0.127. The van der Waals surface area contributed by atoms with E-state index in [2.05, 4.69) is 21.2 Å². The molecule has 0 radical (unpaired) electrons. The minimum Gasteiger partial charge on any atom is -0.369 e. The number of benzene rings is 1. The highest BCUT2D eigenvalue weighted by atomic mass is 79.9. The number of nitrogens with one attached hydrogen (secondary N) is 1. The minimum atomic E-state index is 0.00889. The van der Waals surface area contributed by atoms with Crippen LogP contribution in [0, 0.1) is 0 Å². The number of morpholine rings is 1. The molecule has 1 aromatic rings. The summed E-state index contributed by atoms with van der Waals surface area (Å²) in [7, 11) is 1.87. The molecule has 1 aromatic carbocycles. The van der Waals surface area contributed by atoms with Crippen molar-refractivity contribution in [3.8, 4) is 0 Å². The van der Waals surface area contributed by atoms with E-state index < -0.39 is 0 Å². The number of rotatable bonds is 3. The summed E-state index contributed by atoms with van der Waals surface area (Å²) in [6, 6.07) is 7.82. The largest absolute Gasteiger partial charge is 0.369 e. The van der Waals surface area contributed by atoms with Crippen LogP contribution in [0.1, 0.15) is 0 Å². The summed E-state index contributed by atoms with van der Waals surface area (Å²) in [5.41, 5.74) is 0.910. The van der Waals surface area contributed by atoms with Gasteiger partial charge < -0.3 is 15.0 Å². The summed E-state index contributed by atoms with van der Waals surface area (Å²) >= 11 is 3.42. The molecule has 1 amide bonds. The highest BCUT2D eigenvalue weighted by Gasteiger charge is 2.29. The van der Waals surface area contributed by atoms with Crippen LogP contribution in [0.2, 0.25) is 0 Å². The quantitative estimate of drug-likeness (QED) is 0.917. The third kappa shape index (κ3) is 2.86. The maximum atomic E-state index is 11.9. The van der Waals surface area contributed by atoms with Gasteiger partial charge in [-0.3, -0.25) is 4.79 Å². The normalized spacial score (nSPS) is 20.7. The molecule has 2 rings (SSSR count). The number of halogens is 1. The number of ether oxygens (including phenoxy) is 1. The molecule has 0 aliphatic carbocycles. The van der Waals surface area contributed by atoms with Gasteiger partial charge in [0.05, 0.1) is 12.6 Å². The summed E-state index contributed by atoms with van der Waals surface area (Å²) in [6.07, 6.45) is 0. The van der Waals surface area contributed by atoms with Crippen LogP contribution >= 0.6 is 15.9 Å². The van der Waals surface area contributed by atoms with E-state index in [1.54, 1.807) is 0 Å². The maximum Gasteiger partial charge on any atom is 0.253 e. The van der Waals surface area contributed by atoms with Crippen LogP contribution in [0.15, 0.2) is 28.7 Å². The lowest BCUT2D eigenvalue weighted by Gasteiger charge is -2.35. The number of hydrogen-bond acceptors (Lipinski definition) is 3. The number of nitrogens with zero attached hydrogens (tertiary/aromatic N) is 1. The number of amides is 1. The van der Waals surface area contributed by atoms with Crippen LogP contribution in [0.3, 0.4) is 0 Å². The summed E-state index contributed by atoms with van der Waals surface area (Å²) in [4.78, 5) is 13.8.